The molecule has 5 nitrogen and oxygen atoms in total. The van der Waals surface area contributed by atoms with Gasteiger partial charge in [-0.15, -0.1) is 0 Å². The summed E-state index contributed by atoms with van der Waals surface area (Å²) in [5, 5.41) is 0. The molecule has 1 aromatic carbocycles. The van der Waals surface area contributed by atoms with Crippen molar-refractivity contribution < 1.29 is 4.39 Å². The molecule has 2 aliphatic rings. The summed E-state index contributed by atoms with van der Waals surface area (Å²) in [6, 6.07) is 8.98. The van der Waals surface area contributed by atoms with Gasteiger partial charge in [0.05, 0.1) is 5.69 Å². The average Bonchev–Trinajstić information content (AvgIpc) is 2.69. The smallest absolute Gasteiger partial charge is 0.227 e. The van der Waals surface area contributed by atoms with Crippen molar-refractivity contribution in [1.29, 1.82) is 0 Å². The van der Waals surface area contributed by atoms with E-state index in [1.54, 1.807) is 6.07 Å². The van der Waals surface area contributed by atoms with Crippen molar-refractivity contribution in [2.45, 2.75) is 19.3 Å². The number of rotatable bonds is 3. The molecule has 0 bridgehead atoms. The minimum Gasteiger partial charge on any atom is -0.366 e. The van der Waals surface area contributed by atoms with Gasteiger partial charge in [-0.25, -0.2) is 9.37 Å². The van der Waals surface area contributed by atoms with Gasteiger partial charge >= 0.3 is 0 Å². The topological polar surface area (TPSA) is 35.5 Å². The third-order valence-corrected chi connectivity index (χ3v) is 5.06. The predicted molar refractivity (Wildman–Crippen MR) is 98.9 cm³/mol. The fourth-order valence-corrected chi connectivity index (χ4v) is 3.65. The van der Waals surface area contributed by atoms with E-state index in [2.05, 4.69) is 19.7 Å². The first-order valence-corrected chi connectivity index (χ1v) is 9.14. The highest BCUT2D eigenvalue weighted by atomic mass is 19.1. The fraction of sp³-hybridized carbons (Fsp3) is 0.474. The summed E-state index contributed by atoms with van der Waals surface area (Å²) < 4.78 is 14.0. The third kappa shape index (κ3) is 3.52. The first-order valence-electron chi connectivity index (χ1n) is 9.14. The fourth-order valence-electron chi connectivity index (χ4n) is 3.65. The summed E-state index contributed by atoms with van der Waals surface area (Å²) in [6.45, 7) is 5.36. The van der Waals surface area contributed by atoms with Gasteiger partial charge in [0, 0.05) is 45.5 Å². The maximum atomic E-state index is 14.0. The van der Waals surface area contributed by atoms with E-state index in [0.717, 1.165) is 51.0 Å². The summed E-state index contributed by atoms with van der Waals surface area (Å²) in [7, 11) is 0. The minimum atomic E-state index is -0.148. The maximum absolute atomic E-state index is 14.0. The number of anilines is 3. The standard InChI is InChI=1S/C19H24FN5/c20-16-6-2-3-7-17(16)23-12-14-24(15-13-23)18-8-9-21-19(22-18)25-10-4-1-5-11-25/h2-3,6-9H,1,4-5,10-15H2. The van der Waals surface area contributed by atoms with Gasteiger partial charge in [0.25, 0.3) is 0 Å². The van der Waals surface area contributed by atoms with Crippen molar-refractivity contribution in [3.63, 3.8) is 0 Å². The van der Waals surface area contributed by atoms with Crippen LogP contribution in [0.5, 0.6) is 0 Å². The molecule has 2 aliphatic heterocycles. The summed E-state index contributed by atoms with van der Waals surface area (Å²) in [4.78, 5) is 15.9. The van der Waals surface area contributed by atoms with E-state index < -0.39 is 0 Å². The molecule has 25 heavy (non-hydrogen) atoms. The lowest BCUT2D eigenvalue weighted by atomic mass is 10.1. The quantitative estimate of drug-likeness (QED) is 0.858. The second kappa shape index (κ2) is 7.25. The molecule has 4 rings (SSSR count). The van der Waals surface area contributed by atoms with Gasteiger partial charge in [-0.2, -0.15) is 4.98 Å². The number of piperidine rings is 1. The zero-order valence-corrected chi connectivity index (χ0v) is 14.4. The molecule has 0 spiro atoms. The van der Waals surface area contributed by atoms with Gasteiger partial charge < -0.3 is 14.7 Å². The zero-order chi connectivity index (χ0) is 17.1. The molecule has 0 N–H and O–H groups in total. The number of hydrogen-bond donors (Lipinski definition) is 0. The lowest BCUT2D eigenvalue weighted by molar-refractivity contribution is 0.566. The van der Waals surface area contributed by atoms with E-state index in [-0.39, 0.29) is 5.82 Å². The number of piperazine rings is 1. The molecule has 2 saturated heterocycles. The van der Waals surface area contributed by atoms with Gasteiger partial charge in [-0.05, 0) is 37.5 Å². The van der Waals surface area contributed by atoms with E-state index >= 15 is 0 Å². The highest BCUT2D eigenvalue weighted by Gasteiger charge is 2.21. The van der Waals surface area contributed by atoms with E-state index in [1.165, 1.54) is 25.3 Å². The Bertz CT molecular complexity index is 708. The minimum absolute atomic E-state index is 0.148. The van der Waals surface area contributed by atoms with E-state index in [4.69, 9.17) is 4.98 Å². The first-order chi connectivity index (χ1) is 12.3. The molecular weight excluding hydrogens is 317 g/mol. The second-order valence-electron chi connectivity index (χ2n) is 6.69. The Morgan fingerprint density at radius 2 is 1.48 bits per heavy atom. The SMILES string of the molecule is Fc1ccccc1N1CCN(c2ccnc(N3CCCCC3)n2)CC1. The summed E-state index contributed by atoms with van der Waals surface area (Å²) in [6.07, 6.45) is 5.59. The highest BCUT2D eigenvalue weighted by molar-refractivity contribution is 5.51. The Hall–Kier alpha value is -2.37. The van der Waals surface area contributed by atoms with Crippen LogP contribution in [0, 0.1) is 5.82 Å². The van der Waals surface area contributed by atoms with Crippen LogP contribution in [-0.4, -0.2) is 49.2 Å². The number of para-hydroxylation sites is 1. The van der Waals surface area contributed by atoms with Crippen LogP contribution < -0.4 is 14.7 Å². The molecule has 1 aromatic heterocycles. The van der Waals surface area contributed by atoms with Gasteiger partial charge in [0.2, 0.25) is 5.95 Å². The van der Waals surface area contributed by atoms with Crippen LogP contribution in [-0.2, 0) is 0 Å². The van der Waals surface area contributed by atoms with Crippen molar-refractivity contribution in [3.8, 4) is 0 Å². The Morgan fingerprint density at radius 3 is 2.24 bits per heavy atom. The van der Waals surface area contributed by atoms with Crippen LogP contribution in [0.25, 0.3) is 0 Å². The van der Waals surface area contributed by atoms with Crippen LogP contribution in [0.15, 0.2) is 36.5 Å². The Labute approximate surface area is 148 Å². The van der Waals surface area contributed by atoms with Crippen molar-refractivity contribution in [2.24, 2.45) is 0 Å². The summed E-state index contributed by atoms with van der Waals surface area (Å²) >= 11 is 0. The maximum Gasteiger partial charge on any atom is 0.227 e. The van der Waals surface area contributed by atoms with Crippen molar-refractivity contribution in [2.75, 3.05) is 54.0 Å². The molecule has 0 amide bonds. The molecule has 0 saturated carbocycles. The Morgan fingerprint density at radius 1 is 0.760 bits per heavy atom. The molecule has 2 fully saturated rings. The van der Waals surface area contributed by atoms with Crippen LogP contribution in [0.2, 0.25) is 0 Å². The average molecular weight is 341 g/mol. The number of benzene rings is 1. The van der Waals surface area contributed by atoms with Gasteiger partial charge in [-0.1, -0.05) is 12.1 Å². The molecule has 132 valence electrons. The lowest BCUT2D eigenvalue weighted by Crippen LogP contribution is -2.47. The van der Waals surface area contributed by atoms with E-state index in [0.29, 0.717) is 5.69 Å². The van der Waals surface area contributed by atoms with Crippen LogP contribution in [0.4, 0.5) is 21.8 Å². The van der Waals surface area contributed by atoms with Gasteiger partial charge in [0.1, 0.15) is 11.6 Å². The molecule has 0 unspecified atom stereocenters. The molecule has 0 radical (unpaired) electrons. The van der Waals surface area contributed by atoms with Crippen molar-refractivity contribution in [3.05, 3.63) is 42.3 Å². The van der Waals surface area contributed by atoms with E-state index in [1.807, 2.05) is 24.4 Å². The zero-order valence-electron chi connectivity index (χ0n) is 14.4. The van der Waals surface area contributed by atoms with Gasteiger partial charge in [0.15, 0.2) is 0 Å². The highest BCUT2D eigenvalue weighted by Crippen LogP contribution is 2.23. The van der Waals surface area contributed by atoms with Crippen LogP contribution >= 0.6 is 0 Å². The molecule has 2 aromatic rings. The third-order valence-electron chi connectivity index (χ3n) is 5.06. The lowest BCUT2D eigenvalue weighted by Gasteiger charge is -2.37. The molecule has 3 heterocycles. The number of aromatic nitrogens is 2. The summed E-state index contributed by atoms with van der Waals surface area (Å²) in [5.74, 6) is 1.67. The van der Waals surface area contributed by atoms with Crippen molar-refractivity contribution in [1.82, 2.24) is 9.97 Å². The van der Waals surface area contributed by atoms with Crippen molar-refractivity contribution >= 4 is 17.5 Å². The number of hydrogen-bond acceptors (Lipinski definition) is 5. The molecule has 6 heteroatoms. The van der Waals surface area contributed by atoms with Gasteiger partial charge in [-0.3, -0.25) is 0 Å². The number of halogens is 1. The Balaban J connectivity index is 1.43. The first kappa shape index (κ1) is 16.1. The van der Waals surface area contributed by atoms with E-state index in [9.17, 15) is 4.39 Å². The predicted octanol–water partition coefficient (Wildman–Crippen LogP) is 2.93. The van der Waals surface area contributed by atoms with Crippen LogP contribution in [0.3, 0.4) is 0 Å². The largest absolute Gasteiger partial charge is 0.366 e. The Kier molecular flexibility index (Phi) is 4.68. The summed E-state index contributed by atoms with van der Waals surface area (Å²) in [5.41, 5.74) is 0.693. The second-order valence-corrected chi connectivity index (χ2v) is 6.69. The normalized spacial score (nSPS) is 18.5. The molecule has 0 aliphatic carbocycles. The molecular formula is C19H24FN5. The number of nitrogens with zero attached hydrogens (tertiary/aromatic N) is 5. The monoisotopic (exact) mass is 341 g/mol. The molecule has 0 atom stereocenters. The van der Waals surface area contributed by atoms with Crippen LogP contribution in [0.1, 0.15) is 19.3 Å².